The Bertz CT molecular complexity index is 358. The van der Waals surface area contributed by atoms with Gasteiger partial charge in [-0.3, -0.25) is 9.80 Å². The van der Waals surface area contributed by atoms with Crippen molar-refractivity contribution in [2.24, 2.45) is 5.92 Å². The Hall–Kier alpha value is -0.640. The van der Waals surface area contributed by atoms with Crippen molar-refractivity contribution in [1.29, 1.82) is 0 Å². The van der Waals surface area contributed by atoms with Gasteiger partial charge in [0.25, 0.3) is 0 Å². The van der Waals surface area contributed by atoms with E-state index >= 15 is 0 Å². The SMILES string of the molecule is C=C(C)[C@@H]1CC=C(CN(CC)CCN2CCOCC2)CC1. The predicted octanol–water partition coefficient (Wildman–Crippen LogP) is 2.94. The van der Waals surface area contributed by atoms with Crippen molar-refractivity contribution in [2.75, 3.05) is 52.5 Å². The van der Waals surface area contributed by atoms with E-state index in [2.05, 4.69) is 36.3 Å². The first-order valence-electron chi connectivity index (χ1n) is 8.54. The van der Waals surface area contributed by atoms with E-state index < -0.39 is 0 Å². The Morgan fingerprint density at radius 2 is 2.19 bits per heavy atom. The fraction of sp³-hybridized carbons (Fsp3) is 0.778. The van der Waals surface area contributed by atoms with E-state index in [1.165, 1.54) is 37.9 Å². The molecule has 0 N–H and O–H groups in total. The van der Waals surface area contributed by atoms with Crippen LogP contribution >= 0.6 is 0 Å². The molecule has 0 radical (unpaired) electrons. The molecular formula is C18H32N2O. The van der Waals surface area contributed by atoms with Crippen molar-refractivity contribution in [3.63, 3.8) is 0 Å². The molecule has 0 bridgehead atoms. The molecule has 0 aromatic heterocycles. The number of likely N-dealkylation sites (N-methyl/N-ethyl adjacent to an activating group) is 1. The summed E-state index contributed by atoms with van der Waals surface area (Å²) in [6.45, 7) is 17.2. The van der Waals surface area contributed by atoms with Crippen LogP contribution in [0.25, 0.3) is 0 Å². The summed E-state index contributed by atoms with van der Waals surface area (Å²) in [6, 6.07) is 0. The third kappa shape index (κ3) is 5.57. The number of hydrogen-bond donors (Lipinski definition) is 0. The maximum Gasteiger partial charge on any atom is 0.0594 e. The van der Waals surface area contributed by atoms with E-state index in [4.69, 9.17) is 4.74 Å². The van der Waals surface area contributed by atoms with Gasteiger partial charge in [0.05, 0.1) is 13.2 Å². The monoisotopic (exact) mass is 292 g/mol. The number of rotatable bonds is 7. The lowest BCUT2D eigenvalue weighted by molar-refractivity contribution is 0.0339. The first-order valence-corrected chi connectivity index (χ1v) is 8.54. The van der Waals surface area contributed by atoms with Gasteiger partial charge in [0.1, 0.15) is 0 Å². The van der Waals surface area contributed by atoms with Crippen molar-refractivity contribution >= 4 is 0 Å². The summed E-state index contributed by atoms with van der Waals surface area (Å²) in [7, 11) is 0. The minimum Gasteiger partial charge on any atom is -0.379 e. The average Bonchev–Trinajstić information content (AvgIpc) is 2.53. The smallest absolute Gasteiger partial charge is 0.0594 e. The molecule has 2 aliphatic rings. The minimum absolute atomic E-state index is 0.720. The Kier molecular flexibility index (Phi) is 6.94. The molecule has 0 aromatic carbocycles. The Balaban J connectivity index is 1.73. The lowest BCUT2D eigenvalue weighted by Crippen LogP contribution is -2.41. The van der Waals surface area contributed by atoms with Crippen LogP contribution in [0.1, 0.15) is 33.1 Å². The van der Waals surface area contributed by atoms with Crippen LogP contribution in [0.4, 0.5) is 0 Å². The molecule has 0 saturated carbocycles. The van der Waals surface area contributed by atoms with E-state index in [1.807, 2.05) is 0 Å². The molecule has 0 unspecified atom stereocenters. The fourth-order valence-corrected chi connectivity index (χ4v) is 3.22. The number of ether oxygens (including phenoxy) is 1. The molecule has 0 spiro atoms. The van der Waals surface area contributed by atoms with E-state index in [-0.39, 0.29) is 0 Å². The highest BCUT2D eigenvalue weighted by Gasteiger charge is 2.17. The van der Waals surface area contributed by atoms with Crippen LogP contribution in [0.15, 0.2) is 23.8 Å². The molecular weight excluding hydrogens is 260 g/mol. The number of hydrogen-bond acceptors (Lipinski definition) is 3. The predicted molar refractivity (Wildman–Crippen MR) is 89.6 cm³/mol. The second-order valence-electron chi connectivity index (χ2n) is 6.50. The van der Waals surface area contributed by atoms with Gasteiger partial charge in [0.15, 0.2) is 0 Å². The molecule has 1 fully saturated rings. The summed E-state index contributed by atoms with van der Waals surface area (Å²) in [5, 5.41) is 0. The highest BCUT2D eigenvalue weighted by atomic mass is 16.5. The van der Waals surface area contributed by atoms with Gasteiger partial charge in [0.2, 0.25) is 0 Å². The molecule has 120 valence electrons. The normalized spacial score (nSPS) is 24.1. The third-order valence-corrected chi connectivity index (χ3v) is 4.91. The zero-order valence-electron chi connectivity index (χ0n) is 13.9. The van der Waals surface area contributed by atoms with Crippen molar-refractivity contribution < 1.29 is 4.74 Å². The lowest BCUT2D eigenvalue weighted by atomic mass is 9.85. The van der Waals surface area contributed by atoms with Crippen molar-refractivity contribution in [2.45, 2.75) is 33.1 Å². The summed E-state index contributed by atoms with van der Waals surface area (Å²) >= 11 is 0. The first-order chi connectivity index (χ1) is 10.2. The molecule has 1 saturated heterocycles. The van der Waals surface area contributed by atoms with Gasteiger partial charge in [0, 0.05) is 32.7 Å². The van der Waals surface area contributed by atoms with E-state index in [0.29, 0.717) is 0 Å². The van der Waals surface area contributed by atoms with Crippen LogP contribution in [-0.4, -0.2) is 62.3 Å². The maximum absolute atomic E-state index is 5.41. The van der Waals surface area contributed by atoms with Crippen molar-refractivity contribution in [3.8, 4) is 0 Å². The molecule has 1 atom stereocenters. The molecule has 21 heavy (non-hydrogen) atoms. The summed E-state index contributed by atoms with van der Waals surface area (Å²) < 4.78 is 5.41. The maximum atomic E-state index is 5.41. The molecule has 1 aliphatic heterocycles. The lowest BCUT2D eigenvalue weighted by Gasteiger charge is -2.31. The molecule has 0 aromatic rings. The highest BCUT2D eigenvalue weighted by molar-refractivity contribution is 5.13. The highest BCUT2D eigenvalue weighted by Crippen LogP contribution is 2.28. The topological polar surface area (TPSA) is 15.7 Å². The van der Waals surface area contributed by atoms with Crippen LogP contribution in [-0.2, 0) is 4.74 Å². The van der Waals surface area contributed by atoms with Gasteiger partial charge in [-0.25, -0.2) is 0 Å². The zero-order valence-corrected chi connectivity index (χ0v) is 13.9. The molecule has 3 heteroatoms. The van der Waals surface area contributed by atoms with E-state index in [1.54, 1.807) is 5.57 Å². The molecule has 0 amide bonds. The molecule has 2 rings (SSSR count). The van der Waals surface area contributed by atoms with Gasteiger partial charge in [-0.1, -0.05) is 30.7 Å². The third-order valence-electron chi connectivity index (χ3n) is 4.91. The van der Waals surface area contributed by atoms with Crippen LogP contribution in [0, 0.1) is 5.92 Å². The number of nitrogens with zero attached hydrogens (tertiary/aromatic N) is 2. The number of morpholine rings is 1. The Morgan fingerprint density at radius 3 is 2.76 bits per heavy atom. The minimum atomic E-state index is 0.720. The quantitative estimate of drug-likeness (QED) is 0.671. The largest absolute Gasteiger partial charge is 0.379 e. The van der Waals surface area contributed by atoms with Crippen LogP contribution in [0.5, 0.6) is 0 Å². The summed E-state index contributed by atoms with van der Waals surface area (Å²) in [6.07, 6.45) is 6.22. The molecule has 3 nitrogen and oxygen atoms in total. The van der Waals surface area contributed by atoms with Gasteiger partial charge in [-0.2, -0.15) is 0 Å². The second-order valence-corrected chi connectivity index (χ2v) is 6.50. The summed E-state index contributed by atoms with van der Waals surface area (Å²) in [4.78, 5) is 5.11. The Morgan fingerprint density at radius 1 is 1.43 bits per heavy atom. The van der Waals surface area contributed by atoms with Gasteiger partial charge in [-0.05, 0) is 38.6 Å². The standard InChI is InChI=1S/C18H32N2O/c1-4-19(9-10-20-11-13-21-14-12-20)15-17-5-7-18(8-6-17)16(2)3/h5,18H,2,4,6-15H2,1,3H3/t18-/m1/s1. The van der Waals surface area contributed by atoms with Crippen molar-refractivity contribution in [1.82, 2.24) is 9.80 Å². The summed E-state index contributed by atoms with van der Waals surface area (Å²) in [5.41, 5.74) is 2.99. The van der Waals surface area contributed by atoms with Crippen molar-refractivity contribution in [3.05, 3.63) is 23.8 Å². The van der Waals surface area contributed by atoms with E-state index in [0.717, 1.165) is 45.3 Å². The van der Waals surface area contributed by atoms with Crippen LogP contribution in [0.2, 0.25) is 0 Å². The zero-order chi connectivity index (χ0) is 15.1. The van der Waals surface area contributed by atoms with Gasteiger partial charge in [-0.15, -0.1) is 0 Å². The number of allylic oxidation sites excluding steroid dienone is 2. The first kappa shape index (κ1) is 16.7. The molecule has 1 aliphatic carbocycles. The van der Waals surface area contributed by atoms with Crippen LogP contribution < -0.4 is 0 Å². The van der Waals surface area contributed by atoms with Gasteiger partial charge >= 0.3 is 0 Å². The molecule has 1 heterocycles. The second kappa shape index (κ2) is 8.72. The van der Waals surface area contributed by atoms with E-state index in [9.17, 15) is 0 Å². The fourth-order valence-electron chi connectivity index (χ4n) is 3.22. The average molecular weight is 292 g/mol. The Labute approximate surface area is 130 Å². The van der Waals surface area contributed by atoms with Crippen LogP contribution in [0.3, 0.4) is 0 Å². The summed E-state index contributed by atoms with van der Waals surface area (Å²) in [5.74, 6) is 0.720. The van der Waals surface area contributed by atoms with Gasteiger partial charge < -0.3 is 4.74 Å².